The molecule has 1 aliphatic rings. The van der Waals surface area contributed by atoms with Gasteiger partial charge in [-0.2, -0.15) is 4.31 Å². The second kappa shape index (κ2) is 5.27. The van der Waals surface area contributed by atoms with Gasteiger partial charge >= 0.3 is 0 Å². The Labute approximate surface area is 124 Å². The van der Waals surface area contributed by atoms with Crippen molar-refractivity contribution in [3.05, 3.63) is 47.3 Å². The van der Waals surface area contributed by atoms with Gasteiger partial charge in [-0.15, -0.1) is 0 Å². The van der Waals surface area contributed by atoms with Crippen LogP contribution in [0.15, 0.2) is 39.8 Å². The summed E-state index contributed by atoms with van der Waals surface area (Å²) >= 11 is 0. The Bertz CT molecular complexity index is 752. The summed E-state index contributed by atoms with van der Waals surface area (Å²) in [6, 6.07) is 8.66. The third-order valence-corrected chi connectivity index (χ3v) is 5.94. The Hall–Kier alpha value is -1.66. The molecule has 1 aromatic carbocycles. The van der Waals surface area contributed by atoms with Gasteiger partial charge in [0.15, 0.2) is 0 Å². The van der Waals surface area contributed by atoms with Crippen LogP contribution < -0.4 is 0 Å². The van der Waals surface area contributed by atoms with E-state index < -0.39 is 10.0 Å². The molecule has 0 aliphatic carbocycles. The summed E-state index contributed by atoms with van der Waals surface area (Å²) in [4.78, 5) is 0.372. The third kappa shape index (κ3) is 2.49. The zero-order chi connectivity index (χ0) is 15.0. The molecule has 2 aromatic rings. The van der Waals surface area contributed by atoms with Crippen molar-refractivity contribution in [2.24, 2.45) is 0 Å². The second-order valence-electron chi connectivity index (χ2n) is 5.40. The predicted molar refractivity (Wildman–Crippen MR) is 78.3 cm³/mol. The first-order chi connectivity index (χ1) is 10.00. The minimum Gasteiger partial charge on any atom is -0.361 e. The van der Waals surface area contributed by atoms with Crippen molar-refractivity contribution in [3.8, 4) is 0 Å². The Balaban J connectivity index is 2.00. The van der Waals surface area contributed by atoms with Gasteiger partial charge < -0.3 is 4.52 Å². The minimum atomic E-state index is -3.51. The maximum Gasteiger partial charge on any atom is 0.243 e. The highest BCUT2D eigenvalue weighted by molar-refractivity contribution is 7.89. The van der Waals surface area contributed by atoms with Gasteiger partial charge in [-0.3, -0.25) is 0 Å². The molecule has 112 valence electrons. The van der Waals surface area contributed by atoms with Gasteiger partial charge in [0.1, 0.15) is 11.5 Å². The third-order valence-electron chi connectivity index (χ3n) is 3.87. The van der Waals surface area contributed by atoms with E-state index >= 15 is 0 Å². The van der Waals surface area contributed by atoms with Gasteiger partial charge in [0, 0.05) is 12.6 Å². The summed E-state index contributed by atoms with van der Waals surface area (Å²) in [5, 5.41) is 4.00. The molecule has 1 fully saturated rings. The highest BCUT2D eigenvalue weighted by Crippen LogP contribution is 2.36. The Morgan fingerprint density at radius 3 is 2.71 bits per heavy atom. The van der Waals surface area contributed by atoms with Gasteiger partial charge in [-0.05, 0) is 38.3 Å². The van der Waals surface area contributed by atoms with Crippen LogP contribution in [0, 0.1) is 13.8 Å². The van der Waals surface area contributed by atoms with E-state index in [1.807, 2.05) is 32.0 Å². The first-order valence-corrected chi connectivity index (χ1v) is 8.45. The molecule has 0 unspecified atom stereocenters. The van der Waals surface area contributed by atoms with Crippen LogP contribution in [0.4, 0.5) is 0 Å². The normalized spacial score (nSPS) is 20.0. The standard InChI is InChI=1S/C15H18N2O3S/c1-11-6-3-4-8-15(11)21(18,19)17-9-5-7-14(17)13-10-12(2)20-16-13/h3-4,6,8,10,14H,5,7,9H2,1-2H3/t14-/m0/s1. The van der Waals surface area contributed by atoms with Gasteiger partial charge in [-0.1, -0.05) is 23.4 Å². The fourth-order valence-corrected chi connectivity index (χ4v) is 4.73. The van der Waals surface area contributed by atoms with Gasteiger partial charge in [-0.25, -0.2) is 8.42 Å². The van der Waals surface area contributed by atoms with Crippen molar-refractivity contribution >= 4 is 10.0 Å². The summed E-state index contributed by atoms with van der Waals surface area (Å²) in [5.74, 6) is 0.699. The number of sulfonamides is 1. The summed E-state index contributed by atoms with van der Waals surface area (Å²) in [7, 11) is -3.51. The van der Waals surface area contributed by atoms with Crippen molar-refractivity contribution in [2.75, 3.05) is 6.54 Å². The lowest BCUT2D eigenvalue weighted by Gasteiger charge is -2.23. The molecule has 1 saturated heterocycles. The van der Waals surface area contributed by atoms with E-state index in [-0.39, 0.29) is 6.04 Å². The number of nitrogens with zero attached hydrogens (tertiary/aromatic N) is 2. The first-order valence-electron chi connectivity index (χ1n) is 7.01. The number of rotatable bonds is 3. The number of hydrogen-bond acceptors (Lipinski definition) is 4. The molecule has 3 rings (SSSR count). The molecule has 0 N–H and O–H groups in total. The summed E-state index contributed by atoms with van der Waals surface area (Å²) < 4.78 is 32.5. The van der Waals surface area contributed by atoms with Crippen LogP contribution in [0.5, 0.6) is 0 Å². The van der Waals surface area contributed by atoms with E-state index in [0.29, 0.717) is 22.9 Å². The lowest BCUT2D eigenvalue weighted by atomic mass is 10.1. The Morgan fingerprint density at radius 2 is 2.05 bits per heavy atom. The van der Waals surface area contributed by atoms with E-state index in [4.69, 9.17) is 4.52 Å². The van der Waals surface area contributed by atoms with Gasteiger partial charge in [0.05, 0.1) is 10.9 Å². The molecule has 1 aliphatic heterocycles. The van der Waals surface area contributed by atoms with Crippen LogP contribution in [0.25, 0.3) is 0 Å². The monoisotopic (exact) mass is 306 g/mol. The fourth-order valence-electron chi connectivity index (χ4n) is 2.84. The average Bonchev–Trinajstić information content (AvgIpc) is 3.07. The quantitative estimate of drug-likeness (QED) is 0.874. The fraction of sp³-hybridized carbons (Fsp3) is 0.400. The number of hydrogen-bond donors (Lipinski definition) is 0. The van der Waals surface area contributed by atoms with Crippen LogP contribution in [0.1, 0.15) is 35.9 Å². The molecular formula is C15H18N2O3S. The largest absolute Gasteiger partial charge is 0.361 e. The predicted octanol–water partition coefficient (Wildman–Crippen LogP) is 2.82. The second-order valence-corrected chi connectivity index (χ2v) is 7.26. The first kappa shape index (κ1) is 14.3. The van der Waals surface area contributed by atoms with Gasteiger partial charge in [0.2, 0.25) is 10.0 Å². The van der Waals surface area contributed by atoms with Crippen LogP contribution in [-0.4, -0.2) is 24.4 Å². The maximum absolute atomic E-state index is 12.9. The lowest BCUT2D eigenvalue weighted by Crippen LogP contribution is -2.31. The van der Waals surface area contributed by atoms with Crippen molar-refractivity contribution in [3.63, 3.8) is 0 Å². The van der Waals surface area contributed by atoms with Crippen molar-refractivity contribution in [1.29, 1.82) is 0 Å². The summed E-state index contributed by atoms with van der Waals surface area (Å²) in [6.45, 7) is 4.15. The van der Waals surface area contributed by atoms with Gasteiger partial charge in [0.25, 0.3) is 0 Å². The molecule has 5 nitrogen and oxygen atoms in total. The van der Waals surface area contributed by atoms with E-state index in [0.717, 1.165) is 18.4 Å². The number of benzene rings is 1. The van der Waals surface area contributed by atoms with E-state index in [1.54, 1.807) is 16.4 Å². The van der Waals surface area contributed by atoms with E-state index in [9.17, 15) is 8.42 Å². The smallest absolute Gasteiger partial charge is 0.243 e. The molecule has 0 saturated carbocycles. The lowest BCUT2D eigenvalue weighted by molar-refractivity contribution is 0.349. The van der Waals surface area contributed by atoms with Crippen LogP contribution in [-0.2, 0) is 10.0 Å². The van der Waals surface area contributed by atoms with Crippen LogP contribution in [0.3, 0.4) is 0 Å². The molecule has 1 aromatic heterocycles. The molecule has 1 atom stereocenters. The molecule has 2 heterocycles. The Morgan fingerprint density at radius 1 is 1.29 bits per heavy atom. The summed E-state index contributed by atoms with van der Waals surface area (Å²) in [5.41, 5.74) is 1.46. The van der Waals surface area contributed by atoms with E-state index in [1.165, 1.54) is 0 Å². The maximum atomic E-state index is 12.9. The zero-order valence-corrected chi connectivity index (χ0v) is 12.9. The van der Waals surface area contributed by atoms with E-state index in [2.05, 4.69) is 5.16 Å². The molecule has 21 heavy (non-hydrogen) atoms. The highest BCUT2D eigenvalue weighted by atomic mass is 32.2. The zero-order valence-electron chi connectivity index (χ0n) is 12.1. The molecule has 0 spiro atoms. The molecule has 0 bridgehead atoms. The number of aromatic nitrogens is 1. The molecular weight excluding hydrogens is 288 g/mol. The Kier molecular flexibility index (Phi) is 3.59. The van der Waals surface area contributed by atoms with Crippen molar-refractivity contribution in [2.45, 2.75) is 37.6 Å². The van der Waals surface area contributed by atoms with Crippen molar-refractivity contribution < 1.29 is 12.9 Å². The molecule has 6 heteroatoms. The number of aryl methyl sites for hydroxylation is 2. The minimum absolute atomic E-state index is 0.230. The highest BCUT2D eigenvalue weighted by Gasteiger charge is 2.38. The average molecular weight is 306 g/mol. The van der Waals surface area contributed by atoms with Crippen LogP contribution in [0.2, 0.25) is 0 Å². The van der Waals surface area contributed by atoms with Crippen LogP contribution >= 0.6 is 0 Å². The molecule has 0 radical (unpaired) electrons. The van der Waals surface area contributed by atoms with Crippen molar-refractivity contribution in [1.82, 2.24) is 9.46 Å². The SMILES string of the molecule is Cc1cc([C@@H]2CCCN2S(=O)(=O)c2ccccc2C)no1. The summed E-state index contributed by atoms with van der Waals surface area (Å²) in [6.07, 6.45) is 1.61. The topological polar surface area (TPSA) is 63.4 Å². The molecule has 0 amide bonds.